The summed E-state index contributed by atoms with van der Waals surface area (Å²) in [6, 6.07) is 5.26. The summed E-state index contributed by atoms with van der Waals surface area (Å²) in [6.07, 6.45) is 2.22. The Labute approximate surface area is 231 Å². The van der Waals surface area contributed by atoms with E-state index >= 15 is 0 Å². The smallest absolute Gasteiger partial charge is 0.408 e. The van der Waals surface area contributed by atoms with E-state index in [2.05, 4.69) is 10.6 Å². The van der Waals surface area contributed by atoms with Crippen LogP contribution in [0, 0.1) is 6.92 Å². The van der Waals surface area contributed by atoms with Crippen LogP contribution < -0.4 is 10.6 Å². The second-order valence-corrected chi connectivity index (χ2v) is 11.1. The molecule has 0 radical (unpaired) electrons. The van der Waals surface area contributed by atoms with Crippen molar-refractivity contribution in [1.29, 1.82) is 0 Å². The molecule has 3 atom stereocenters. The van der Waals surface area contributed by atoms with Gasteiger partial charge in [-0.15, -0.1) is 0 Å². The van der Waals surface area contributed by atoms with E-state index in [0.717, 1.165) is 5.56 Å². The fraction of sp³-hybridized carbons (Fsp3) is 0.643. The van der Waals surface area contributed by atoms with Gasteiger partial charge in [0.05, 0.1) is 13.0 Å². The first-order chi connectivity index (χ1) is 17.8. The normalized spacial score (nSPS) is 13.6. The lowest BCUT2D eigenvalue weighted by Gasteiger charge is -2.38. The monoisotopic (exact) mass is 551 g/mol. The van der Waals surface area contributed by atoms with Gasteiger partial charge in [0.25, 0.3) is 0 Å². The predicted molar refractivity (Wildman–Crippen MR) is 151 cm³/mol. The van der Waals surface area contributed by atoms with Gasteiger partial charge in [-0.3, -0.25) is 14.4 Å². The highest BCUT2D eigenvalue weighted by molar-refractivity contribution is 7.98. The summed E-state index contributed by atoms with van der Waals surface area (Å²) in [4.78, 5) is 53.7. The minimum Gasteiger partial charge on any atom is -0.466 e. The number of nitrogens with one attached hydrogen (secondary N) is 2. The molecule has 1 rings (SSSR count). The average molecular weight is 552 g/mol. The highest BCUT2D eigenvalue weighted by atomic mass is 32.2. The Morgan fingerprint density at radius 2 is 1.71 bits per heavy atom. The number of carbonyl (C=O) groups excluding carboxylic acids is 4. The first-order valence-corrected chi connectivity index (χ1v) is 14.5. The van der Waals surface area contributed by atoms with Crippen molar-refractivity contribution in [2.75, 3.05) is 25.2 Å². The third-order valence-electron chi connectivity index (χ3n) is 5.77. The number of amides is 3. The predicted octanol–water partition coefficient (Wildman–Crippen LogP) is 4.38. The van der Waals surface area contributed by atoms with Gasteiger partial charge in [-0.2, -0.15) is 11.8 Å². The van der Waals surface area contributed by atoms with Crippen LogP contribution >= 0.6 is 11.8 Å². The van der Waals surface area contributed by atoms with Crippen molar-refractivity contribution in [3.05, 3.63) is 35.4 Å². The van der Waals surface area contributed by atoms with E-state index in [9.17, 15) is 19.2 Å². The largest absolute Gasteiger partial charge is 0.466 e. The fourth-order valence-electron chi connectivity index (χ4n) is 3.72. The number of rotatable bonds is 14. The number of aryl methyl sites for hydroxylation is 1. The molecule has 0 bridgehead atoms. The Balaban J connectivity index is 3.40. The molecule has 9 nitrogen and oxygen atoms in total. The van der Waals surface area contributed by atoms with Gasteiger partial charge in [-0.05, 0) is 72.0 Å². The van der Waals surface area contributed by atoms with Crippen LogP contribution in [0.25, 0.3) is 0 Å². The summed E-state index contributed by atoms with van der Waals surface area (Å²) in [5.41, 5.74) is 0.927. The van der Waals surface area contributed by atoms with E-state index in [1.54, 1.807) is 44.4 Å². The van der Waals surface area contributed by atoms with Gasteiger partial charge < -0.3 is 25.0 Å². The molecule has 0 saturated heterocycles. The number of esters is 1. The Morgan fingerprint density at radius 1 is 1.08 bits per heavy atom. The van der Waals surface area contributed by atoms with Crippen molar-refractivity contribution in [2.45, 2.75) is 91.5 Å². The molecular weight excluding hydrogens is 506 g/mol. The average Bonchev–Trinajstić information content (AvgIpc) is 2.83. The molecule has 0 aliphatic rings. The van der Waals surface area contributed by atoms with Crippen LogP contribution in [0.3, 0.4) is 0 Å². The molecule has 2 N–H and O–H groups in total. The van der Waals surface area contributed by atoms with Crippen molar-refractivity contribution >= 4 is 35.6 Å². The molecule has 0 heterocycles. The molecule has 0 fully saturated rings. The summed E-state index contributed by atoms with van der Waals surface area (Å²) in [5.74, 6) is -0.562. The zero-order valence-corrected chi connectivity index (χ0v) is 24.9. The van der Waals surface area contributed by atoms with Crippen molar-refractivity contribution in [1.82, 2.24) is 15.5 Å². The van der Waals surface area contributed by atoms with E-state index in [1.807, 2.05) is 51.3 Å². The Bertz CT molecular complexity index is 916. The molecule has 10 heteroatoms. The van der Waals surface area contributed by atoms with Gasteiger partial charge in [0, 0.05) is 12.6 Å². The van der Waals surface area contributed by atoms with Gasteiger partial charge in [0.15, 0.2) is 0 Å². The summed E-state index contributed by atoms with van der Waals surface area (Å²) in [5, 5.41) is 5.54. The summed E-state index contributed by atoms with van der Waals surface area (Å²) < 4.78 is 10.4. The molecule has 0 aromatic heterocycles. The number of ether oxygens (including phenoxy) is 2. The van der Waals surface area contributed by atoms with Crippen LogP contribution in [-0.4, -0.2) is 71.6 Å². The first-order valence-electron chi connectivity index (χ1n) is 13.1. The van der Waals surface area contributed by atoms with Gasteiger partial charge in [-0.25, -0.2) is 4.79 Å². The van der Waals surface area contributed by atoms with Crippen molar-refractivity contribution < 1.29 is 28.7 Å². The lowest BCUT2D eigenvalue weighted by atomic mass is 9.98. The number of benzene rings is 1. The maximum atomic E-state index is 14.1. The maximum Gasteiger partial charge on any atom is 0.408 e. The lowest BCUT2D eigenvalue weighted by Crippen LogP contribution is -2.55. The number of carbonyl (C=O) groups is 4. The number of nitrogens with zero attached hydrogens (tertiary/aromatic N) is 1. The Kier molecular flexibility index (Phi) is 14.2. The molecule has 0 aliphatic heterocycles. The zero-order valence-electron chi connectivity index (χ0n) is 24.1. The maximum absolute atomic E-state index is 14.1. The van der Waals surface area contributed by atoms with Gasteiger partial charge in [0.2, 0.25) is 11.8 Å². The third-order valence-corrected chi connectivity index (χ3v) is 6.42. The molecule has 38 heavy (non-hydrogen) atoms. The topological polar surface area (TPSA) is 114 Å². The highest BCUT2D eigenvalue weighted by Gasteiger charge is 2.38. The van der Waals surface area contributed by atoms with Crippen LogP contribution in [-0.2, 0) is 23.9 Å². The van der Waals surface area contributed by atoms with E-state index in [1.165, 1.54) is 0 Å². The van der Waals surface area contributed by atoms with E-state index in [4.69, 9.17) is 9.47 Å². The standard InChI is InChI=1S/C28H45N3O6S/c1-9-20(4)31(26(34)22(16-18-38-8)30-27(35)37-28(5,6)7)24(21-13-11-19(3)12-14-21)25(33)29-17-15-23(32)36-10-2/h11-14,20,22,24H,9-10,15-18H2,1-8H3,(H,29,33)(H,30,35). The van der Waals surface area contributed by atoms with Crippen molar-refractivity contribution in [3.8, 4) is 0 Å². The van der Waals surface area contributed by atoms with Gasteiger partial charge in [0.1, 0.15) is 17.7 Å². The van der Waals surface area contributed by atoms with E-state index in [0.29, 0.717) is 24.2 Å². The minimum atomic E-state index is -0.961. The Morgan fingerprint density at radius 3 is 2.24 bits per heavy atom. The second-order valence-electron chi connectivity index (χ2n) is 10.1. The summed E-state index contributed by atoms with van der Waals surface area (Å²) >= 11 is 1.56. The van der Waals surface area contributed by atoms with Crippen LogP contribution in [0.5, 0.6) is 0 Å². The van der Waals surface area contributed by atoms with Crippen LogP contribution in [0.15, 0.2) is 24.3 Å². The minimum absolute atomic E-state index is 0.0218. The van der Waals surface area contributed by atoms with Crippen LogP contribution in [0.2, 0.25) is 0 Å². The fourth-order valence-corrected chi connectivity index (χ4v) is 4.19. The first kappa shape index (κ1) is 33.3. The molecule has 0 saturated carbocycles. The van der Waals surface area contributed by atoms with E-state index < -0.39 is 35.7 Å². The lowest BCUT2D eigenvalue weighted by molar-refractivity contribution is -0.146. The second kappa shape index (κ2) is 16.3. The zero-order chi connectivity index (χ0) is 28.9. The molecule has 1 aromatic rings. The number of alkyl carbamates (subject to hydrolysis) is 1. The van der Waals surface area contributed by atoms with Crippen molar-refractivity contribution in [2.24, 2.45) is 0 Å². The summed E-state index contributed by atoms with van der Waals surface area (Å²) in [6.45, 7) is 13.1. The van der Waals surface area contributed by atoms with Crippen molar-refractivity contribution in [3.63, 3.8) is 0 Å². The molecule has 3 amide bonds. The van der Waals surface area contributed by atoms with E-state index in [-0.39, 0.29) is 31.5 Å². The molecular formula is C28H45N3O6S. The molecule has 0 spiro atoms. The SMILES string of the molecule is CCOC(=O)CCNC(=O)C(c1ccc(C)cc1)N(C(=O)C(CCSC)NC(=O)OC(C)(C)C)C(C)CC. The number of hydrogen-bond donors (Lipinski definition) is 2. The highest BCUT2D eigenvalue weighted by Crippen LogP contribution is 2.27. The quantitative estimate of drug-likeness (QED) is 0.330. The molecule has 214 valence electrons. The molecule has 0 aliphatic carbocycles. The van der Waals surface area contributed by atoms with Gasteiger partial charge >= 0.3 is 12.1 Å². The molecule has 3 unspecified atom stereocenters. The number of hydrogen-bond acceptors (Lipinski definition) is 7. The summed E-state index contributed by atoms with van der Waals surface area (Å²) in [7, 11) is 0. The Hall–Kier alpha value is -2.75. The van der Waals surface area contributed by atoms with Crippen LogP contribution in [0.1, 0.15) is 78.0 Å². The van der Waals surface area contributed by atoms with Gasteiger partial charge in [-0.1, -0.05) is 36.8 Å². The third kappa shape index (κ3) is 11.3. The number of thioether (sulfide) groups is 1. The van der Waals surface area contributed by atoms with Crippen LogP contribution in [0.4, 0.5) is 4.79 Å². The molecule has 1 aromatic carbocycles.